The van der Waals surface area contributed by atoms with Crippen LogP contribution in [0.3, 0.4) is 0 Å². The van der Waals surface area contributed by atoms with E-state index in [1.165, 1.54) is 0 Å². The molecule has 2 heterocycles. The van der Waals surface area contributed by atoms with Crippen LogP contribution in [0, 0.1) is 0 Å². The largest absolute Gasteiger partial charge is 0.390 e. The Morgan fingerprint density at radius 1 is 0.938 bits per heavy atom. The number of aliphatic hydroxyl groups is 7. The molecule has 2 aliphatic rings. The molecule has 0 aliphatic carbocycles. The summed E-state index contributed by atoms with van der Waals surface area (Å²) in [5.41, 5.74) is 0.311. The SMILES string of the molecule is CC(=CCOC1OC(COC2OCC(O)C(O)C2O)C(O)C(O)C1O)CCCC(C)(C)O. The molecule has 0 aromatic rings. The van der Waals surface area contributed by atoms with Gasteiger partial charge in [0.2, 0.25) is 0 Å². The molecule has 0 bridgehead atoms. The van der Waals surface area contributed by atoms with Crippen LogP contribution in [0.4, 0.5) is 0 Å². The molecule has 9 atom stereocenters. The topological polar surface area (TPSA) is 179 Å². The molecule has 0 spiro atoms. The van der Waals surface area contributed by atoms with E-state index >= 15 is 0 Å². The Morgan fingerprint density at radius 2 is 1.59 bits per heavy atom. The molecule has 11 heteroatoms. The molecule has 188 valence electrons. The van der Waals surface area contributed by atoms with Crippen molar-refractivity contribution in [3.8, 4) is 0 Å². The van der Waals surface area contributed by atoms with Gasteiger partial charge in [-0.3, -0.25) is 0 Å². The lowest BCUT2D eigenvalue weighted by molar-refractivity contribution is -0.319. The van der Waals surface area contributed by atoms with Crippen molar-refractivity contribution in [1.29, 1.82) is 0 Å². The summed E-state index contributed by atoms with van der Waals surface area (Å²) in [5.74, 6) is 0. The van der Waals surface area contributed by atoms with Crippen molar-refractivity contribution in [1.82, 2.24) is 0 Å². The molecule has 7 N–H and O–H groups in total. The van der Waals surface area contributed by atoms with Gasteiger partial charge in [-0.2, -0.15) is 0 Å². The summed E-state index contributed by atoms with van der Waals surface area (Å²) < 4.78 is 21.6. The zero-order chi connectivity index (χ0) is 24.1. The Morgan fingerprint density at radius 3 is 2.25 bits per heavy atom. The third kappa shape index (κ3) is 7.96. The molecule has 2 fully saturated rings. The Hall–Kier alpha value is -0.700. The van der Waals surface area contributed by atoms with Crippen LogP contribution in [0.2, 0.25) is 0 Å². The molecule has 9 unspecified atom stereocenters. The third-order valence-corrected chi connectivity index (χ3v) is 5.60. The molecule has 0 saturated carbocycles. The fourth-order valence-electron chi connectivity index (χ4n) is 3.49. The summed E-state index contributed by atoms with van der Waals surface area (Å²) in [6.07, 6.45) is -8.29. The van der Waals surface area contributed by atoms with Crippen LogP contribution in [0.1, 0.15) is 40.0 Å². The predicted octanol–water partition coefficient (Wildman–Crippen LogP) is -1.85. The van der Waals surface area contributed by atoms with Crippen molar-refractivity contribution in [2.45, 2.75) is 101 Å². The lowest BCUT2D eigenvalue weighted by Crippen LogP contribution is -2.60. The third-order valence-electron chi connectivity index (χ3n) is 5.60. The van der Waals surface area contributed by atoms with Gasteiger partial charge in [0.1, 0.15) is 42.7 Å². The molecule has 0 aromatic heterocycles. The van der Waals surface area contributed by atoms with Gasteiger partial charge in [-0.25, -0.2) is 0 Å². The normalized spacial score (nSPS) is 39.3. The molecule has 0 radical (unpaired) electrons. The Bertz CT molecular complexity index is 593. The van der Waals surface area contributed by atoms with Gasteiger partial charge in [0.05, 0.1) is 25.4 Å². The van der Waals surface area contributed by atoms with Gasteiger partial charge in [0, 0.05) is 0 Å². The molecule has 0 aromatic carbocycles. The van der Waals surface area contributed by atoms with E-state index in [1.54, 1.807) is 13.8 Å². The first-order valence-corrected chi connectivity index (χ1v) is 10.9. The minimum Gasteiger partial charge on any atom is -0.390 e. The monoisotopic (exact) mass is 466 g/mol. The van der Waals surface area contributed by atoms with Gasteiger partial charge in [-0.15, -0.1) is 0 Å². The molecular formula is C21H38O11. The van der Waals surface area contributed by atoms with Gasteiger partial charge in [0.15, 0.2) is 12.6 Å². The fourth-order valence-corrected chi connectivity index (χ4v) is 3.49. The van der Waals surface area contributed by atoms with E-state index < -0.39 is 60.9 Å². The van der Waals surface area contributed by atoms with Crippen LogP contribution >= 0.6 is 0 Å². The molecular weight excluding hydrogens is 428 g/mol. The first-order chi connectivity index (χ1) is 14.9. The van der Waals surface area contributed by atoms with Crippen LogP contribution in [-0.2, 0) is 18.9 Å². The average molecular weight is 467 g/mol. The van der Waals surface area contributed by atoms with E-state index in [9.17, 15) is 35.7 Å². The zero-order valence-electron chi connectivity index (χ0n) is 18.8. The van der Waals surface area contributed by atoms with Gasteiger partial charge < -0.3 is 54.7 Å². The van der Waals surface area contributed by atoms with Crippen LogP contribution in [0.15, 0.2) is 11.6 Å². The van der Waals surface area contributed by atoms with Crippen LogP contribution in [0.5, 0.6) is 0 Å². The van der Waals surface area contributed by atoms with Crippen molar-refractivity contribution in [3.05, 3.63) is 11.6 Å². The van der Waals surface area contributed by atoms with Gasteiger partial charge in [0.25, 0.3) is 0 Å². The lowest BCUT2D eigenvalue weighted by atomic mass is 9.99. The summed E-state index contributed by atoms with van der Waals surface area (Å²) in [4.78, 5) is 0. The highest BCUT2D eigenvalue weighted by Gasteiger charge is 2.45. The summed E-state index contributed by atoms with van der Waals surface area (Å²) in [7, 11) is 0. The van der Waals surface area contributed by atoms with Gasteiger partial charge in [-0.05, 0) is 40.0 Å². The summed E-state index contributed by atoms with van der Waals surface area (Å²) in [5, 5.41) is 69.4. The van der Waals surface area contributed by atoms with Crippen molar-refractivity contribution < 1.29 is 54.7 Å². The van der Waals surface area contributed by atoms with Crippen molar-refractivity contribution >= 4 is 0 Å². The van der Waals surface area contributed by atoms with Gasteiger partial charge >= 0.3 is 0 Å². The fraction of sp³-hybridized carbons (Fsp3) is 0.905. The van der Waals surface area contributed by atoms with Gasteiger partial charge in [-0.1, -0.05) is 11.6 Å². The zero-order valence-corrected chi connectivity index (χ0v) is 18.8. The lowest BCUT2D eigenvalue weighted by Gasteiger charge is -2.41. The van der Waals surface area contributed by atoms with Crippen LogP contribution in [0.25, 0.3) is 0 Å². The van der Waals surface area contributed by atoms with E-state index in [1.807, 2.05) is 13.0 Å². The smallest absolute Gasteiger partial charge is 0.187 e. The Balaban J connectivity index is 1.84. The van der Waals surface area contributed by atoms with Crippen molar-refractivity contribution in [3.63, 3.8) is 0 Å². The second-order valence-corrected chi connectivity index (χ2v) is 9.15. The quantitative estimate of drug-likeness (QED) is 0.180. The summed E-state index contributed by atoms with van der Waals surface area (Å²) in [6, 6.07) is 0. The summed E-state index contributed by atoms with van der Waals surface area (Å²) in [6.45, 7) is 4.95. The molecule has 2 aliphatic heterocycles. The molecule has 11 nitrogen and oxygen atoms in total. The maximum absolute atomic E-state index is 10.2. The number of rotatable bonds is 10. The number of ether oxygens (including phenoxy) is 4. The number of hydrogen-bond donors (Lipinski definition) is 7. The van der Waals surface area contributed by atoms with Crippen LogP contribution < -0.4 is 0 Å². The van der Waals surface area contributed by atoms with Crippen molar-refractivity contribution in [2.24, 2.45) is 0 Å². The highest BCUT2D eigenvalue weighted by atomic mass is 16.7. The van der Waals surface area contributed by atoms with E-state index in [4.69, 9.17) is 18.9 Å². The van der Waals surface area contributed by atoms with E-state index in [0.29, 0.717) is 6.42 Å². The second-order valence-electron chi connectivity index (χ2n) is 9.15. The minimum absolute atomic E-state index is 0.0982. The first kappa shape index (κ1) is 27.5. The van der Waals surface area contributed by atoms with Crippen LogP contribution in [-0.4, -0.2) is 116 Å². The highest BCUT2D eigenvalue weighted by Crippen LogP contribution is 2.24. The Labute approximate surface area is 187 Å². The summed E-state index contributed by atoms with van der Waals surface area (Å²) >= 11 is 0. The highest BCUT2D eigenvalue weighted by molar-refractivity contribution is 4.98. The number of hydrogen-bond acceptors (Lipinski definition) is 11. The second kappa shape index (κ2) is 12.1. The molecule has 2 saturated heterocycles. The van der Waals surface area contributed by atoms with Crippen molar-refractivity contribution in [2.75, 3.05) is 19.8 Å². The first-order valence-electron chi connectivity index (χ1n) is 10.9. The number of allylic oxidation sites excluding steroid dienone is 1. The standard InChI is InChI=1S/C21H38O11/c1-11(5-4-7-21(2,3)28)6-8-29-20-18(27)16(25)15(24)13(32-20)10-31-19-17(26)14(23)12(22)9-30-19/h6,12-20,22-28H,4-5,7-10H2,1-3H3. The maximum atomic E-state index is 10.2. The minimum atomic E-state index is -1.55. The number of aliphatic hydroxyl groups excluding tert-OH is 6. The molecule has 2 rings (SSSR count). The predicted molar refractivity (Wildman–Crippen MR) is 110 cm³/mol. The maximum Gasteiger partial charge on any atom is 0.187 e. The molecule has 32 heavy (non-hydrogen) atoms. The van der Waals surface area contributed by atoms with E-state index in [-0.39, 0.29) is 19.8 Å². The Kier molecular flexibility index (Phi) is 10.4. The van der Waals surface area contributed by atoms with E-state index in [2.05, 4.69) is 0 Å². The average Bonchev–Trinajstić information content (AvgIpc) is 2.71. The molecule has 0 amide bonds. The van der Waals surface area contributed by atoms with E-state index in [0.717, 1.165) is 18.4 Å².